The molecule has 3 heterocycles. The minimum atomic E-state index is -4.96. The van der Waals surface area contributed by atoms with Crippen LogP contribution in [0, 0.1) is 0 Å². The van der Waals surface area contributed by atoms with Crippen LogP contribution < -0.4 is 16.8 Å². The maximum Gasteiger partial charge on any atom is 0.362 e. The summed E-state index contributed by atoms with van der Waals surface area (Å²) in [4.78, 5) is 47.0. The molecule has 1 saturated heterocycles. The van der Waals surface area contributed by atoms with Crippen LogP contribution in [0.3, 0.4) is 0 Å². The minimum Gasteiger partial charge on any atom is -0.478 e. The fourth-order valence-electron chi connectivity index (χ4n) is 3.22. The van der Waals surface area contributed by atoms with E-state index in [0.29, 0.717) is 5.69 Å². The van der Waals surface area contributed by atoms with Crippen molar-refractivity contribution >= 4 is 50.3 Å². The number of carboxylic acids is 1. The number of amides is 2. The molecule has 0 aromatic carbocycles. The molecule has 35 heavy (non-hydrogen) atoms. The van der Waals surface area contributed by atoms with Crippen molar-refractivity contribution in [1.29, 1.82) is 0 Å². The van der Waals surface area contributed by atoms with Crippen molar-refractivity contribution in [1.82, 2.24) is 29.6 Å². The van der Waals surface area contributed by atoms with Gasteiger partial charge in [-0.15, -0.1) is 11.3 Å². The Labute approximate surface area is 200 Å². The summed E-state index contributed by atoms with van der Waals surface area (Å²) in [5.41, 5.74) is 9.36. The van der Waals surface area contributed by atoms with E-state index in [1.807, 2.05) is 0 Å². The van der Waals surface area contributed by atoms with Crippen molar-refractivity contribution in [2.75, 3.05) is 5.73 Å². The van der Waals surface area contributed by atoms with Gasteiger partial charge in [-0.2, -0.15) is 23.4 Å². The molecule has 0 radical (unpaired) electrons. The van der Waals surface area contributed by atoms with E-state index in [1.54, 1.807) is 0 Å². The molecular weight excluding hydrogens is 510 g/mol. The van der Waals surface area contributed by atoms with Crippen LogP contribution in [0.2, 0.25) is 0 Å². The van der Waals surface area contributed by atoms with Crippen molar-refractivity contribution in [2.24, 2.45) is 10.9 Å². The van der Waals surface area contributed by atoms with Gasteiger partial charge in [0.1, 0.15) is 17.8 Å². The van der Waals surface area contributed by atoms with Crippen molar-refractivity contribution in [2.45, 2.75) is 43.6 Å². The van der Waals surface area contributed by atoms with Crippen LogP contribution in [0.1, 0.15) is 24.2 Å². The molecule has 1 aliphatic heterocycles. The lowest BCUT2D eigenvalue weighted by Gasteiger charge is -2.43. The second-order valence-electron chi connectivity index (χ2n) is 7.63. The summed E-state index contributed by atoms with van der Waals surface area (Å²) in [7, 11) is -4.96. The number of hydrogen-bond acceptors (Lipinski definition) is 13. The zero-order chi connectivity index (χ0) is 25.5. The molecule has 1 saturated carbocycles. The van der Waals surface area contributed by atoms with Crippen LogP contribution in [0.5, 0.6) is 0 Å². The summed E-state index contributed by atoms with van der Waals surface area (Å²) < 4.78 is 33.1. The summed E-state index contributed by atoms with van der Waals surface area (Å²) in [5, 5.41) is 24.6. The average Bonchev–Trinajstić information content (AvgIpc) is 3.23. The standard InChI is InChI=1S/C16H19N9O8S2/c17-3-7-4-19-24(22-7)5-9-11(13(27)25(9)35(30,31)32)21-12(26)10(8-6-34-15(18)20-8)23-33-16(1-2-16)14(28)29/h4,6,9,11H,1-3,5,17H2,(H2,18,20)(H,21,26)(H,28,29)(H,30,31,32)/b23-10-/t9-,11?/m0/s1. The first-order valence-electron chi connectivity index (χ1n) is 9.87. The quantitative estimate of drug-likeness (QED) is 0.0910. The predicted octanol–water partition coefficient (Wildman–Crippen LogP) is -2.69. The third-order valence-electron chi connectivity index (χ3n) is 5.23. The van der Waals surface area contributed by atoms with Gasteiger partial charge in [0.2, 0.25) is 5.60 Å². The smallest absolute Gasteiger partial charge is 0.362 e. The summed E-state index contributed by atoms with van der Waals surface area (Å²) >= 11 is 0.971. The number of oxime groups is 1. The van der Waals surface area contributed by atoms with E-state index in [1.165, 1.54) is 11.6 Å². The Morgan fingerprint density at radius 1 is 1.40 bits per heavy atom. The van der Waals surface area contributed by atoms with E-state index in [0.717, 1.165) is 16.1 Å². The molecule has 17 nitrogen and oxygen atoms in total. The van der Waals surface area contributed by atoms with E-state index >= 15 is 0 Å². The Kier molecular flexibility index (Phi) is 6.17. The number of nitrogens with zero attached hydrogens (tertiary/aromatic N) is 6. The molecule has 19 heteroatoms. The number of nitrogen functional groups attached to an aromatic ring is 1. The molecule has 2 aliphatic rings. The first-order valence-corrected chi connectivity index (χ1v) is 12.1. The Morgan fingerprint density at radius 3 is 2.63 bits per heavy atom. The monoisotopic (exact) mass is 529 g/mol. The fraction of sp³-hybridized carbons (Fsp3) is 0.438. The van der Waals surface area contributed by atoms with Gasteiger partial charge >= 0.3 is 16.3 Å². The van der Waals surface area contributed by atoms with Gasteiger partial charge in [0.05, 0.1) is 18.4 Å². The SMILES string of the molecule is NCc1cnn(C[C@H]2C(NC(=O)/C(=N\OC3(C(=O)O)CC3)c3csc(N)n3)C(=O)N2S(=O)(=O)O)n1. The molecular formula is C16H19N9O8S2. The van der Waals surface area contributed by atoms with E-state index in [-0.39, 0.29) is 41.1 Å². The highest BCUT2D eigenvalue weighted by molar-refractivity contribution is 7.84. The van der Waals surface area contributed by atoms with Gasteiger partial charge in [-0.1, -0.05) is 5.16 Å². The molecule has 188 valence electrons. The van der Waals surface area contributed by atoms with Crippen LogP contribution >= 0.6 is 11.3 Å². The molecule has 4 rings (SSSR count). The normalized spacial score (nSPS) is 21.4. The molecule has 7 N–H and O–H groups in total. The lowest BCUT2D eigenvalue weighted by Crippen LogP contribution is -2.73. The Morgan fingerprint density at radius 2 is 2.11 bits per heavy atom. The first-order chi connectivity index (χ1) is 16.4. The molecule has 2 aromatic heterocycles. The minimum absolute atomic E-state index is 0.0533. The van der Waals surface area contributed by atoms with E-state index in [9.17, 15) is 32.5 Å². The van der Waals surface area contributed by atoms with E-state index < -0.39 is 51.5 Å². The van der Waals surface area contributed by atoms with Crippen molar-refractivity contribution in [3.8, 4) is 0 Å². The Bertz CT molecular complexity index is 1320. The number of nitrogens with two attached hydrogens (primary N) is 2. The second kappa shape index (κ2) is 8.83. The average molecular weight is 530 g/mol. The highest BCUT2D eigenvalue weighted by Crippen LogP contribution is 2.40. The highest BCUT2D eigenvalue weighted by Gasteiger charge is 2.56. The molecule has 0 spiro atoms. The summed E-state index contributed by atoms with van der Waals surface area (Å²) in [5.74, 6) is -3.41. The van der Waals surface area contributed by atoms with Crippen molar-refractivity contribution in [3.05, 3.63) is 23.0 Å². The highest BCUT2D eigenvalue weighted by atomic mass is 32.2. The molecule has 2 amide bonds. The van der Waals surface area contributed by atoms with Gasteiger partial charge in [0.25, 0.3) is 11.8 Å². The number of carbonyl (C=O) groups excluding carboxylic acids is 2. The van der Waals surface area contributed by atoms with Gasteiger partial charge in [0.15, 0.2) is 10.8 Å². The number of aliphatic carboxylic acids is 1. The lowest BCUT2D eigenvalue weighted by molar-refractivity contribution is -0.153. The number of hydrogen-bond donors (Lipinski definition) is 5. The number of thiazole rings is 1. The van der Waals surface area contributed by atoms with Gasteiger partial charge < -0.3 is 26.7 Å². The summed E-state index contributed by atoms with van der Waals surface area (Å²) in [6.07, 6.45) is 1.68. The van der Waals surface area contributed by atoms with E-state index in [4.69, 9.17) is 16.3 Å². The number of β-lactam (4-membered cyclic amide) rings is 1. The van der Waals surface area contributed by atoms with Crippen molar-refractivity contribution in [3.63, 3.8) is 0 Å². The van der Waals surface area contributed by atoms with Crippen LogP contribution in [-0.2, 0) is 42.6 Å². The third-order valence-corrected chi connectivity index (χ3v) is 6.85. The zero-order valence-corrected chi connectivity index (χ0v) is 19.3. The maximum absolute atomic E-state index is 13.0. The van der Waals surface area contributed by atoms with Gasteiger partial charge in [-0.3, -0.25) is 14.1 Å². The predicted molar refractivity (Wildman–Crippen MR) is 116 cm³/mol. The number of carboxylic acid groups (broad SMARTS) is 1. The Balaban J connectivity index is 1.58. The van der Waals surface area contributed by atoms with Crippen LogP contribution in [0.4, 0.5) is 5.13 Å². The fourth-order valence-corrected chi connectivity index (χ4v) is 4.64. The summed E-state index contributed by atoms with van der Waals surface area (Å²) in [6, 6.07) is -2.73. The van der Waals surface area contributed by atoms with E-state index in [2.05, 4.69) is 25.7 Å². The number of aromatic nitrogens is 4. The van der Waals surface area contributed by atoms with Crippen LogP contribution in [-0.4, -0.2) is 83.5 Å². The topological polar surface area (TPSA) is 258 Å². The Hall–Kier alpha value is -3.68. The van der Waals surface area contributed by atoms with Gasteiger partial charge in [-0.25, -0.2) is 14.1 Å². The summed E-state index contributed by atoms with van der Waals surface area (Å²) in [6.45, 7) is -0.258. The zero-order valence-electron chi connectivity index (χ0n) is 17.6. The van der Waals surface area contributed by atoms with Gasteiger partial charge in [-0.05, 0) is 0 Å². The van der Waals surface area contributed by atoms with Crippen LogP contribution in [0.25, 0.3) is 0 Å². The first kappa shape index (κ1) is 24.4. The number of rotatable bonds is 10. The molecule has 0 bridgehead atoms. The molecule has 2 aromatic rings. The van der Waals surface area contributed by atoms with Gasteiger partial charge in [0, 0.05) is 24.8 Å². The third kappa shape index (κ3) is 4.78. The molecule has 2 fully saturated rings. The largest absolute Gasteiger partial charge is 0.478 e. The van der Waals surface area contributed by atoms with Crippen molar-refractivity contribution < 1.29 is 37.3 Å². The molecule has 1 aliphatic carbocycles. The lowest BCUT2D eigenvalue weighted by atomic mass is 9.98. The maximum atomic E-state index is 13.0. The number of anilines is 1. The molecule has 2 atom stereocenters. The second-order valence-corrected chi connectivity index (χ2v) is 9.81. The van der Waals surface area contributed by atoms with Crippen LogP contribution in [0.15, 0.2) is 16.7 Å². The number of carbonyl (C=O) groups is 3. The molecule has 1 unspecified atom stereocenters. The number of nitrogens with one attached hydrogen (secondary N) is 1.